The van der Waals surface area contributed by atoms with Crippen molar-refractivity contribution in [1.82, 2.24) is 29.4 Å². The Kier molecular flexibility index (Phi) is 60.5. The molecular formula is C82H150N6O12. The van der Waals surface area contributed by atoms with Crippen LogP contribution < -0.4 is 0 Å². The SMILES string of the molecule is c1ccc(CN2CCOCCOCCN(CCCCCCCCCCCCCCCCN3CCOCCOCCN(CCCCCCCCCCCCCCCCN4CCOCCOCCN(Cc5ccccc5)CCOCCOCC4)CCOCCOCC3)CCOCCOCC2)cc1. The number of hydrogen-bond donors (Lipinski definition) is 0. The average molecular weight is 1410 g/mol. The lowest BCUT2D eigenvalue weighted by Crippen LogP contribution is -2.34. The lowest BCUT2D eigenvalue weighted by atomic mass is 10.0. The molecule has 0 aromatic heterocycles. The minimum absolute atomic E-state index is 0.636. The fraction of sp³-hybridized carbons (Fsp3) is 0.854. The molecule has 2 aromatic rings. The van der Waals surface area contributed by atoms with Gasteiger partial charge in [-0.3, -0.25) is 29.4 Å². The van der Waals surface area contributed by atoms with Crippen LogP contribution in [0, 0.1) is 0 Å². The van der Waals surface area contributed by atoms with E-state index >= 15 is 0 Å². The van der Waals surface area contributed by atoms with Gasteiger partial charge in [0.1, 0.15) is 0 Å². The molecule has 0 radical (unpaired) electrons. The van der Waals surface area contributed by atoms with Crippen molar-refractivity contribution in [1.29, 1.82) is 0 Å². The molecular weight excluding hydrogens is 1260 g/mol. The molecule has 5 rings (SSSR count). The first-order valence-corrected chi connectivity index (χ1v) is 41.1. The lowest BCUT2D eigenvalue weighted by molar-refractivity contribution is 0.00699. The first-order chi connectivity index (χ1) is 49.8. The predicted molar refractivity (Wildman–Crippen MR) is 408 cm³/mol. The largest absolute Gasteiger partial charge is 0.378 e. The number of unbranched alkanes of at least 4 members (excludes halogenated alkanes) is 26. The molecule has 0 N–H and O–H groups in total. The topological polar surface area (TPSA) is 130 Å². The van der Waals surface area contributed by atoms with E-state index in [4.69, 9.17) is 56.8 Å². The van der Waals surface area contributed by atoms with E-state index in [1.54, 1.807) is 0 Å². The van der Waals surface area contributed by atoms with E-state index < -0.39 is 0 Å². The molecule has 18 nitrogen and oxygen atoms in total. The molecule has 0 spiro atoms. The summed E-state index contributed by atoms with van der Waals surface area (Å²) < 4.78 is 72.1. The molecule has 2 aromatic carbocycles. The smallest absolute Gasteiger partial charge is 0.0701 e. The van der Waals surface area contributed by atoms with Crippen molar-refractivity contribution in [3.05, 3.63) is 71.8 Å². The second kappa shape index (κ2) is 68.5. The monoisotopic (exact) mass is 1410 g/mol. The second-order valence-corrected chi connectivity index (χ2v) is 28.1. The molecule has 3 aliphatic heterocycles. The lowest BCUT2D eigenvalue weighted by Gasteiger charge is -2.23. The maximum Gasteiger partial charge on any atom is 0.0701 e. The molecule has 0 unspecified atom stereocenters. The van der Waals surface area contributed by atoms with Crippen LogP contribution >= 0.6 is 0 Å². The zero-order valence-corrected chi connectivity index (χ0v) is 63.9. The highest BCUT2D eigenvalue weighted by Crippen LogP contribution is 2.17. The summed E-state index contributed by atoms with van der Waals surface area (Å²) in [6.07, 6.45) is 37.6. The van der Waals surface area contributed by atoms with Gasteiger partial charge in [0.05, 0.1) is 159 Å². The highest BCUT2D eigenvalue weighted by atomic mass is 16.5. The van der Waals surface area contributed by atoms with E-state index in [1.807, 2.05) is 0 Å². The quantitative estimate of drug-likeness (QED) is 0.0590. The van der Waals surface area contributed by atoms with Gasteiger partial charge in [-0.05, 0) is 63.0 Å². The first kappa shape index (κ1) is 88.3. The number of ether oxygens (including phenoxy) is 12. The standard InChI is InChI=1S/C82H150N6O12/c1(3-7-11-15-19-23-33-41-85-47-59-93-71-75-97-63-51-87(79-81-35-27-25-28-36-81)52-64-98-76-72-94-60-48-85)5-9-13-17-21-31-39-83-43-55-89-67-69-91-57-45-84(46-58-92-70-68-90-56-44-83)40-32-22-18-14-10-6-2-4-8-12-16-20-24-34-42-86-49-61-95-73-77-99-65-53-88(80-82-37-29-26-30-38-82)54-66-100-78-74-96-62-50-86/h25-30,35-38H,1-24,31-34,39-80H2. The van der Waals surface area contributed by atoms with Crippen molar-refractivity contribution in [2.24, 2.45) is 0 Å². The van der Waals surface area contributed by atoms with Crippen molar-refractivity contribution in [3.63, 3.8) is 0 Å². The number of rotatable bonds is 38. The van der Waals surface area contributed by atoms with Crippen molar-refractivity contribution in [2.75, 3.05) is 263 Å². The van der Waals surface area contributed by atoms with Crippen molar-refractivity contribution in [3.8, 4) is 0 Å². The van der Waals surface area contributed by atoms with Crippen LogP contribution in [-0.2, 0) is 69.9 Å². The van der Waals surface area contributed by atoms with Crippen LogP contribution in [0.25, 0.3) is 0 Å². The van der Waals surface area contributed by atoms with Gasteiger partial charge in [0.15, 0.2) is 0 Å². The second-order valence-electron chi connectivity index (χ2n) is 28.1. The third-order valence-corrected chi connectivity index (χ3v) is 19.7. The third kappa shape index (κ3) is 54.3. The molecule has 580 valence electrons. The van der Waals surface area contributed by atoms with Gasteiger partial charge in [-0.1, -0.05) is 215 Å². The Morgan fingerprint density at radius 3 is 0.460 bits per heavy atom. The molecule has 3 fully saturated rings. The Hall–Kier alpha value is -2.28. The summed E-state index contributed by atoms with van der Waals surface area (Å²) in [7, 11) is 0. The molecule has 3 aliphatic rings. The molecule has 18 heteroatoms. The van der Waals surface area contributed by atoms with Crippen LogP contribution in [0.1, 0.15) is 191 Å². The summed E-state index contributed by atoms with van der Waals surface area (Å²) in [6.45, 7) is 33.8. The van der Waals surface area contributed by atoms with Crippen LogP contribution in [0.2, 0.25) is 0 Å². The van der Waals surface area contributed by atoms with Gasteiger partial charge >= 0.3 is 0 Å². The molecule has 3 saturated heterocycles. The van der Waals surface area contributed by atoms with Crippen molar-refractivity contribution >= 4 is 0 Å². The number of hydrogen-bond acceptors (Lipinski definition) is 18. The highest BCUT2D eigenvalue weighted by molar-refractivity contribution is 5.15. The maximum absolute atomic E-state index is 6.07. The fourth-order valence-electron chi connectivity index (χ4n) is 13.4. The van der Waals surface area contributed by atoms with Crippen LogP contribution in [0.15, 0.2) is 60.7 Å². The zero-order valence-electron chi connectivity index (χ0n) is 63.9. The minimum atomic E-state index is 0.636. The van der Waals surface area contributed by atoms with Crippen molar-refractivity contribution in [2.45, 2.75) is 193 Å². The van der Waals surface area contributed by atoms with E-state index in [0.29, 0.717) is 106 Å². The van der Waals surface area contributed by atoms with Gasteiger partial charge < -0.3 is 56.8 Å². The van der Waals surface area contributed by atoms with E-state index in [0.717, 1.165) is 171 Å². The summed E-state index contributed by atoms with van der Waals surface area (Å²) in [5.74, 6) is 0. The molecule has 0 atom stereocenters. The third-order valence-electron chi connectivity index (χ3n) is 19.7. The van der Waals surface area contributed by atoms with Gasteiger partial charge in [0.25, 0.3) is 0 Å². The Labute approximate surface area is 611 Å². The maximum atomic E-state index is 6.07. The molecule has 0 saturated carbocycles. The number of nitrogens with zero attached hydrogens (tertiary/aromatic N) is 6. The van der Waals surface area contributed by atoms with Crippen molar-refractivity contribution < 1.29 is 56.8 Å². The number of benzene rings is 2. The Morgan fingerprint density at radius 1 is 0.160 bits per heavy atom. The van der Waals surface area contributed by atoms with Crippen LogP contribution in [0.5, 0.6) is 0 Å². The van der Waals surface area contributed by atoms with Gasteiger partial charge in [0.2, 0.25) is 0 Å². The van der Waals surface area contributed by atoms with Gasteiger partial charge in [-0.25, -0.2) is 0 Å². The molecule has 0 amide bonds. The van der Waals surface area contributed by atoms with E-state index in [9.17, 15) is 0 Å². The fourth-order valence-corrected chi connectivity index (χ4v) is 13.4. The van der Waals surface area contributed by atoms with Crippen LogP contribution in [0.4, 0.5) is 0 Å². The Balaban J connectivity index is 0.751. The highest BCUT2D eigenvalue weighted by Gasteiger charge is 2.14. The Morgan fingerprint density at radius 2 is 0.300 bits per heavy atom. The van der Waals surface area contributed by atoms with E-state index in [2.05, 4.69) is 90.1 Å². The summed E-state index contributed by atoms with van der Waals surface area (Å²) in [5, 5.41) is 0. The summed E-state index contributed by atoms with van der Waals surface area (Å²) in [6, 6.07) is 21.3. The minimum Gasteiger partial charge on any atom is -0.378 e. The van der Waals surface area contributed by atoms with Crippen LogP contribution in [0.3, 0.4) is 0 Å². The molecule has 100 heavy (non-hydrogen) atoms. The van der Waals surface area contributed by atoms with Gasteiger partial charge in [0, 0.05) is 91.6 Å². The first-order valence-electron chi connectivity index (χ1n) is 41.1. The summed E-state index contributed by atoms with van der Waals surface area (Å²) in [4.78, 5) is 14.9. The predicted octanol–water partition coefficient (Wildman–Crippen LogP) is 13.4. The Bertz CT molecular complexity index is 1780. The van der Waals surface area contributed by atoms with Gasteiger partial charge in [-0.15, -0.1) is 0 Å². The summed E-state index contributed by atoms with van der Waals surface area (Å²) in [5.41, 5.74) is 2.63. The molecule has 0 bridgehead atoms. The molecule has 0 aliphatic carbocycles. The zero-order chi connectivity index (χ0) is 69.7. The van der Waals surface area contributed by atoms with E-state index in [-0.39, 0.29) is 0 Å². The van der Waals surface area contributed by atoms with Crippen LogP contribution in [-0.4, -0.2) is 293 Å². The molecule has 3 heterocycles. The van der Waals surface area contributed by atoms with Gasteiger partial charge in [-0.2, -0.15) is 0 Å². The van der Waals surface area contributed by atoms with E-state index in [1.165, 1.54) is 191 Å². The summed E-state index contributed by atoms with van der Waals surface area (Å²) >= 11 is 0. The normalized spacial score (nSPS) is 20.0. The average Bonchev–Trinajstić information content (AvgIpc) is 1.21.